The van der Waals surface area contributed by atoms with Gasteiger partial charge in [0.05, 0.1) is 0 Å². The molecule has 0 radical (unpaired) electrons. The maximum Gasteiger partial charge on any atom is 0.402 e. The third kappa shape index (κ3) is 3.38. The topological polar surface area (TPSA) is 79.6 Å². The highest BCUT2D eigenvalue weighted by Crippen LogP contribution is 2.37. The van der Waals surface area contributed by atoms with Crippen molar-refractivity contribution in [3.63, 3.8) is 0 Å². The minimum Gasteiger partial charge on any atom is -0.477 e. The lowest BCUT2D eigenvalue weighted by molar-refractivity contribution is -0.134. The van der Waals surface area contributed by atoms with Crippen molar-refractivity contribution in [1.82, 2.24) is 8.87 Å². The third-order valence-electron chi connectivity index (χ3n) is 3.09. The lowest BCUT2D eigenvalue weighted by atomic mass is 10.4. The van der Waals surface area contributed by atoms with Gasteiger partial charge in [0.15, 0.2) is 0 Å². The number of nitrogens with zero attached hydrogens (tertiary/aromatic N) is 2. The first-order valence-corrected chi connectivity index (χ1v) is 7.44. The molecule has 0 spiro atoms. The highest BCUT2D eigenvalue weighted by atomic mass is 32.2. The molecule has 1 aliphatic rings. The Morgan fingerprint density at radius 2 is 2.05 bits per heavy atom. The van der Waals surface area contributed by atoms with Gasteiger partial charge in [-0.15, -0.1) is 0 Å². The fraction of sp³-hybridized carbons (Fsp3) is 0.545. The lowest BCUT2D eigenvalue weighted by Crippen LogP contribution is -2.35. The first kappa shape index (κ1) is 15.8. The number of hydrogen-bond acceptors (Lipinski definition) is 3. The predicted octanol–water partition coefficient (Wildman–Crippen LogP) is 1.70. The van der Waals surface area contributed by atoms with Crippen LogP contribution in [0.25, 0.3) is 0 Å². The van der Waals surface area contributed by atoms with E-state index in [0.29, 0.717) is 12.8 Å². The van der Waals surface area contributed by atoms with Crippen LogP contribution in [-0.4, -0.2) is 48.1 Å². The van der Waals surface area contributed by atoms with Gasteiger partial charge in [-0.25, -0.2) is 13.2 Å². The number of carbonyl (C=O) groups is 1. The second-order valence-corrected chi connectivity index (χ2v) is 6.93. The van der Waals surface area contributed by atoms with Crippen LogP contribution in [0.4, 0.5) is 13.2 Å². The van der Waals surface area contributed by atoms with E-state index in [1.54, 1.807) is 0 Å². The number of carboxylic acid groups (broad SMARTS) is 1. The molecule has 0 bridgehead atoms. The van der Waals surface area contributed by atoms with Crippen LogP contribution in [0.15, 0.2) is 17.2 Å². The molecule has 1 heterocycles. The number of halogens is 3. The zero-order valence-electron chi connectivity index (χ0n) is 11.0. The van der Waals surface area contributed by atoms with E-state index >= 15 is 0 Å². The number of sulfonamides is 1. The number of aromatic carboxylic acids is 1. The van der Waals surface area contributed by atoms with Crippen molar-refractivity contribution >= 4 is 16.0 Å². The molecule has 1 fully saturated rings. The van der Waals surface area contributed by atoms with Gasteiger partial charge < -0.3 is 9.67 Å². The van der Waals surface area contributed by atoms with Crippen LogP contribution in [0.2, 0.25) is 0 Å². The Kier molecular flexibility index (Phi) is 3.79. The Hall–Kier alpha value is -1.55. The van der Waals surface area contributed by atoms with E-state index < -0.39 is 33.6 Å². The zero-order chi connectivity index (χ0) is 16.0. The molecule has 21 heavy (non-hydrogen) atoms. The van der Waals surface area contributed by atoms with Gasteiger partial charge in [-0.2, -0.15) is 17.5 Å². The van der Waals surface area contributed by atoms with Crippen LogP contribution in [0, 0.1) is 0 Å². The lowest BCUT2D eigenvalue weighted by Gasteiger charge is -2.17. The van der Waals surface area contributed by atoms with E-state index in [9.17, 15) is 26.4 Å². The molecular weight excluding hydrogens is 313 g/mol. The van der Waals surface area contributed by atoms with Crippen LogP contribution >= 0.6 is 0 Å². The molecule has 1 aliphatic carbocycles. The minimum absolute atomic E-state index is 0.104. The molecule has 0 atom stereocenters. The van der Waals surface area contributed by atoms with Gasteiger partial charge in [-0.1, -0.05) is 0 Å². The van der Waals surface area contributed by atoms with E-state index in [0.717, 1.165) is 19.3 Å². The summed E-state index contributed by atoms with van der Waals surface area (Å²) in [4.78, 5) is 10.6. The first-order valence-electron chi connectivity index (χ1n) is 6.00. The standard InChI is InChI=1S/C11H13F3N2O4S/c1-15(6-11(12,13)14)21(19,20)8-4-9(10(17)18)16(5-8)7-2-3-7/h4-5,7H,2-3,6H2,1H3,(H,17,18). The summed E-state index contributed by atoms with van der Waals surface area (Å²) < 4.78 is 62.5. The summed E-state index contributed by atoms with van der Waals surface area (Å²) in [7, 11) is -3.58. The molecule has 118 valence electrons. The first-order chi connectivity index (χ1) is 9.52. The summed E-state index contributed by atoms with van der Waals surface area (Å²) in [6, 6.07) is 0.788. The molecule has 10 heteroatoms. The van der Waals surface area contributed by atoms with Gasteiger partial charge in [0, 0.05) is 19.3 Å². The molecule has 6 nitrogen and oxygen atoms in total. The summed E-state index contributed by atoms with van der Waals surface area (Å²) >= 11 is 0. The average molecular weight is 326 g/mol. The van der Waals surface area contributed by atoms with Gasteiger partial charge in [-0.05, 0) is 18.9 Å². The Bertz CT molecular complexity index is 661. The summed E-state index contributed by atoms with van der Waals surface area (Å²) in [5, 5.41) is 9.04. The Balaban J connectivity index is 2.36. The van der Waals surface area contributed by atoms with Crippen molar-refractivity contribution in [2.24, 2.45) is 0 Å². The van der Waals surface area contributed by atoms with Crippen LogP contribution < -0.4 is 0 Å². The van der Waals surface area contributed by atoms with E-state index in [1.165, 1.54) is 4.57 Å². The van der Waals surface area contributed by atoms with E-state index in [2.05, 4.69) is 0 Å². The molecule has 1 aromatic rings. The number of aromatic nitrogens is 1. The quantitative estimate of drug-likeness (QED) is 0.893. The van der Waals surface area contributed by atoms with Crippen molar-refractivity contribution in [2.45, 2.75) is 30.0 Å². The van der Waals surface area contributed by atoms with Crippen molar-refractivity contribution in [3.8, 4) is 0 Å². The normalized spacial score (nSPS) is 16.4. The van der Waals surface area contributed by atoms with E-state index in [1.807, 2.05) is 0 Å². The summed E-state index contributed by atoms with van der Waals surface area (Å²) in [6.07, 6.45) is -2.15. The van der Waals surface area contributed by atoms with Crippen molar-refractivity contribution in [2.75, 3.05) is 13.6 Å². The highest BCUT2D eigenvalue weighted by Gasteiger charge is 2.37. The van der Waals surface area contributed by atoms with Gasteiger partial charge in [0.1, 0.15) is 17.1 Å². The molecule has 0 amide bonds. The second kappa shape index (κ2) is 5.02. The zero-order valence-corrected chi connectivity index (χ0v) is 11.8. The van der Waals surface area contributed by atoms with E-state index in [4.69, 9.17) is 5.11 Å². The van der Waals surface area contributed by atoms with Gasteiger partial charge in [0.2, 0.25) is 10.0 Å². The number of rotatable bonds is 5. The summed E-state index contributed by atoms with van der Waals surface area (Å²) in [5.41, 5.74) is -0.239. The Labute approximate surface area is 118 Å². The minimum atomic E-state index is -4.67. The highest BCUT2D eigenvalue weighted by molar-refractivity contribution is 7.89. The molecule has 2 rings (SSSR count). The van der Waals surface area contributed by atoms with Crippen molar-refractivity contribution in [1.29, 1.82) is 0 Å². The van der Waals surface area contributed by atoms with Crippen LogP contribution in [0.5, 0.6) is 0 Å². The van der Waals surface area contributed by atoms with Gasteiger partial charge in [-0.3, -0.25) is 0 Å². The van der Waals surface area contributed by atoms with E-state index in [-0.39, 0.29) is 16.0 Å². The van der Waals surface area contributed by atoms with Crippen LogP contribution in [0.1, 0.15) is 29.4 Å². The largest absolute Gasteiger partial charge is 0.477 e. The van der Waals surface area contributed by atoms with Crippen LogP contribution in [0.3, 0.4) is 0 Å². The molecule has 0 unspecified atom stereocenters. The number of hydrogen-bond donors (Lipinski definition) is 1. The number of carboxylic acids is 1. The second-order valence-electron chi connectivity index (χ2n) is 4.88. The molecule has 1 saturated carbocycles. The Morgan fingerprint density at radius 3 is 2.48 bits per heavy atom. The smallest absolute Gasteiger partial charge is 0.402 e. The maximum atomic E-state index is 12.3. The molecular formula is C11H13F3N2O4S. The molecule has 1 aromatic heterocycles. The monoisotopic (exact) mass is 326 g/mol. The molecule has 0 aliphatic heterocycles. The van der Waals surface area contributed by atoms with Gasteiger partial charge in [0.25, 0.3) is 0 Å². The Morgan fingerprint density at radius 1 is 1.48 bits per heavy atom. The third-order valence-corrected chi connectivity index (χ3v) is 4.86. The SMILES string of the molecule is CN(CC(F)(F)F)S(=O)(=O)c1cc(C(=O)O)n(C2CC2)c1. The fourth-order valence-electron chi connectivity index (χ4n) is 1.94. The summed E-state index contributed by atoms with van der Waals surface area (Å²) in [5.74, 6) is -1.32. The number of alkyl halides is 3. The maximum absolute atomic E-state index is 12.3. The average Bonchev–Trinajstić information content (AvgIpc) is 3.04. The molecule has 1 N–H and O–H groups in total. The van der Waals surface area contributed by atoms with Crippen molar-refractivity contribution < 1.29 is 31.5 Å². The predicted molar refractivity (Wildman–Crippen MR) is 65.5 cm³/mol. The molecule has 0 aromatic carbocycles. The van der Waals surface area contributed by atoms with Crippen LogP contribution in [-0.2, 0) is 10.0 Å². The van der Waals surface area contributed by atoms with Crippen molar-refractivity contribution in [3.05, 3.63) is 18.0 Å². The fourth-order valence-corrected chi connectivity index (χ4v) is 3.12. The summed E-state index contributed by atoms with van der Waals surface area (Å²) in [6.45, 7) is -1.63. The van der Waals surface area contributed by atoms with Gasteiger partial charge >= 0.3 is 12.1 Å². The molecule has 0 saturated heterocycles.